The molecule has 0 bridgehead atoms. The van der Waals surface area contributed by atoms with Crippen molar-refractivity contribution < 1.29 is 14.4 Å². The number of aryl methyl sites for hydroxylation is 1. The first kappa shape index (κ1) is 18.0. The first-order valence-electron chi connectivity index (χ1n) is 8.25. The number of morpholine rings is 1. The average molecular weight is 338 g/mol. The van der Waals surface area contributed by atoms with Crippen LogP contribution in [0.4, 0.5) is 0 Å². The maximum Gasteiger partial charge on any atom is 0.166 e. The Morgan fingerprint density at radius 3 is 2.74 bits per heavy atom. The molecule has 0 radical (unpaired) electrons. The van der Waals surface area contributed by atoms with Crippen LogP contribution in [0.25, 0.3) is 0 Å². The molecule has 1 aliphatic rings. The van der Waals surface area contributed by atoms with Gasteiger partial charge in [-0.25, -0.2) is 0 Å². The minimum atomic E-state index is 0.726. The molecule has 6 heteroatoms. The summed E-state index contributed by atoms with van der Waals surface area (Å²) in [6.45, 7) is 8.80. The molecule has 0 saturated carbocycles. The van der Waals surface area contributed by atoms with Crippen LogP contribution in [0.1, 0.15) is 11.1 Å². The minimum Gasteiger partial charge on any atom is -0.496 e. The molecule has 1 heterocycles. The van der Waals surface area contributed by atoms with E-state index in [9.17, 15) is 0 Å². The lowest BCUT2D eigenvalue weighted by Gasteiger charge is -2.24. The van der Waals surface area contributed by atoms with Gasteiger partial charge in [0.05, 0.1) is 33.4 Å². The van der Waals surface area contributed by atoms with Crippen molar-refractivity contribution in [2.75, 3.05) is 53.0 Å². The zero-order valence-electron chi connectivity index (χ0n) is 14.1. The summed E-state index contributed by atoms with van der Waals surface area (Å²) in [5.74, 6) is 0.937. The molecule has 1 fully saturated rings. The maximum absolute atomic E-state index is 5.40. The highest BCUT2D eigenvalue weighted by Gasteiger charge is 2.12. The molecule has 0 aromatic heterocycles. The largest absolute Gasteiger partial charge is 0.496 e. The Labute approximate surface area is 144 Å². The lowest BCUT2D eigenvalue weighted by Crippen LogP contribution is -3.14. The van der Waals surface area contributed by atoms with Crippen LogP contribution in [0.15, 0.2) is 18.2 Å². The Hall–Kier alpha value is -1.37. The molecule has 5 nitrogen and oxygen atoms in total. The minimum absolute atomic E-state index is 0.726. The predicted molar refractivity (Wildman–Crippen MR) is 96.4 cm³/mol. The van der Waals surface area contributed by atoms with Gasteiger partial charge in [0.2, 0.25) is 0 Å². The maximum atomic E-state index is 5.40. The summed E-state index contributed by atoms with van der Waals surface area (Å²) >= 11 is 5.34. The standard InChI is InChI=1S/C17H27N3O2S/c1-14-3-4-16(21-2)15(13-14)5-6-18-17(23)19-7-8-20-9-11-22-12-10-20/h3-4,13H,5-12H2,1-2H3,(H2,18,19,23)/p+1. The van der Waals surface area contributed by atoms with E-state index in [-0.39, 0.29) is 0 Å². The Balaban J connectivity index is 1.63. The summed E-state index contributed by atoms with van der Waals surface area (Å²) in [6, 6.07) is 6.25. The third-order valence-corrected chi connectivity index (χ3v) is 4.37. The van der Waals surface area contributed by atoms with E-state index >= 15 is 0 Å². The van der Waals surface area contributed by atoms with Crippen molar-refractivity contribution in [2.24, 2.45) is 0 Å². The van der Waals surface area contributed by atoms with Crippen LogP contribution in [-0.2, 0) is 11.2 Å². The second-order valence-electron chi connectivity index (χ2n) is 5.86. The molecular weight excluding hydrogens is 310 g/mol. The summed E-state index contributed by atoms with van der Waals surface area (Å²) in [5, 5.41) is 7.28. The molecule has 23 heavy (non-hydrogen) atoms. The first-order valence-corrected chi connectivity index (χ1v) is 8.66. The quantitative estimate of drug-likeness (QED) is 0.608. The molecule has 2 rings (SSSR count). The van der Waals surface area contributed by atoms with E-state index in [0.717, 1.165) is 63.2 Å². The highest BCUT2D eigenvalue weighted by Crippen LogP contribution is 2.19. The van der Waals surface area contributed by atoms with Gasteiger partial charge in [-0.15, -0.1) is 0 Å². The molecule has 1 aromatic carbocycles. The molecule has 1 saturated heterocycles. The fraction of sp³-hybridized carbons (Fsp3) is 0.588. The summed E-state index contributed by atoms with van der Waals surface area (Å²) < 4.78 is 10.8. The van der Waals surface area contributed by atoms with Gasteiger partial charge in [0.15, 0.2) is 5.11 Å². The van der Waals surface area contributed by atoms with E-state index in [1.807, 2.05) is 6.07 Å². The molecular formula is C17H28N3O2S+. The van der Waals surface area contributed by atoms with Crippen molar-refractivity contribution in [3.8, 4) is 5.75 Å². The number of quaternary nitrogens is 1. The van der Waals surface area contributed by atoms with E-state index in [0.29, 0.717) is 0 Å². The third-order valence-electron chi connectivity index (χ3n) is 4.08. The summed E-state index contributed by atoms with van der Waals surface area (Å²) in [7, 11) is 1.71. The van der Waals surface area contributed by atoms with E-state index in [2.05, 4.69) is 29.7 Å². The highest BCUT2D eigenvalue weighted by molar-refractivity contribution is 7.80. The van der Waals surface area contributed by atoms with Crippen LogP contribution in [0.3, 0.4) is 0 Å². The van der Waals surface area contributed by atoms with Gasteiger partial charge in [-0.3, -0.25) is 0 Å². The van der Waals surface area contributed by atoms with Gasteiger partial charge in [0.25, 0.3) is 0 Å². The number of benzene rings is 1. The fourth-order valence-electron chi connectivity index (χ4n) is 2.74. The number of nitrogens with one attached hydrogen (secondary N) is 3. The molecule has 128 valence electrons. The molecule has 3 N–H and O–H groups in total. The van der Waals surface area contributed by atoms with Gasteiger partial charge < -0.3 is 25.0 Å². The van der Waals surface area contributed by atoms with Gasteiger partial charge in [-0.2, -0.15) is 0 Å². The van der Waals surface area contributed by atoms with Crippen molar-refractivity contribution in [2.45, 2.75) is 13.3 Å². The monoisotopic (exact) mass is 338 g/mol. The van der Waals surface area contributed by atoms with Crippen LogP contribution in [0, 0.1) is 6.92 Å². The van der Waals surface area contributed by atoms with Crippen LogP contribution >= 0.6 is 12.2 Å². The molecule has 0 spiro atoms. The average Bonchev–Trinajstić information content (AvgIpc) is 2.56. The number of ether oxygens (including phenoxy) is 2. The van der Waals surface area contributed by atoms with Gasteiger partial charge in [-0.05, 0) is 37.2 Å². The van der Waals surface area contributed by atoms with Crippen LogP contribution < -0.4 is 20.3 Å². The Kier molecular flexibility index (Phi) is 7.58. The van der Waals surface area contributed by atoms with E-state index in [1.54, 1.807) is 12.0 Å². The zero-order chi connectivity index (χ0) is 16.5. The highest BCUT2D eigenvalue weighted by atomic mass is 32.1. The fourth-order valence-corrected chi connectivity index (χ4v) is 2.94. The van der Waals surface area contributed by atoms with Crippen LogP contribution in [0.5, 0.6) is 5.75 Å². The summed E-state index contributed by atoms with van der Waals surface area (Å²) in [5.41, 5.74) is 2.45. The lowest BCUT2D eigenvalue weighted by molar-refractivity contribution is -0.906. The molecule has 0 amide bonds. The van der Waals surface area contributed by atoms with Gasteiger partial charge in [-0.1, -0.05) is 17.7 Å². The Morgan fingerprint density at radius 2 is 2.00 bits per heavy atom. The lowest BCUT2D eigenvalue weighted by atomic mass is 10.1. The number of hydrogen-bond acceptors (Lipinski definition) is 3. The molecule has 1 aromatic rings. The van der Waals surface area contributed by atoms with Crippen molar-refractivity contribution >= 4 is 17.3 Å². The molecule has 0 unspecified atom stereocenters. The molecule has 0 aliphatic carbocycles. The number of hydrogen-bond donors (Lipinski definition) is 3. The number of rotatable bonds is 7. The second kappa shape index (κ2) is 9.70. The number of thiocarbonyl (C=S) groups is 1. The van der Waals surface area contributed by atoms with Crippen molar-refractivity contribution in [1.29, 1.82) is 0 Å². The van der Waals surface area contributed by atoms with E-state index in [1.165, 1.54) is 11.1 Å². The smallest absolute Gasteiger partial charge is 0.166 e. The Morgan fingerprint density at radius 1 is 1.26 bits per heavy atom. The molecule has 1 aliphatic heterocycles. The second-order valence-corrected chi connectivity index (χ2v) is 6.27. The predicted octanol–water partition coefficient (Wildman–Crippen LogP) is -0.0747. The Bertz CT molecular complexity index is 505. The van der Waals surface area contributed by atoms with Crippen LogP contribution in [-0.4, -0.2) is 58.2 Å². The molecule has 0 atom stereocenters. The summed E-state index contributed by atoms with van der Waals surface area (Å²) in [4.78, 5) is 1.58. The van der Waals surface area contributed by atoms with Crippen molar-refractivity contribution in [3.63, 3.8) is 0 Å². The van der Waals surface area contributed by atoms with Gasteiger partial charge in [0.1, 0.15) is 18.8 Å². The van der Waals surface area contributed by atoms with Crippen molar-refractivity contribution in [3.05, 3.63) is 29.3 Å². The number of methoxy groups -OCH3 is 1. The third kappa shape index (κ3) is 6.33. The first-order chi connectivity index (χ1) is 11.2. The topological polar surface area (TPSA) is 47.0 Å². The van der Waals surface area contributed by atoms with Gasteiger partial charge in [0, 0.05) is 6.54 Å². The van der Waals surface area contributed by atoms with Gasteiger partial charge >= 0.3 is 0 Å². The van der Waals surface area contributed by atoms with Crippen LogP contribution in [0.2, 0.25) is 0 Å². The zero-order valence-corrected chi connectivity index (χ0v) is 14.9. The van der Waals surface area contributed by atoms with E-state index < -0.39 is 0 Å². The normalized spacial score (nSPS) is 15.2. The van der Waals surface area contributed by atoms with E-state index in [4.69, 9.17) is 21.7 Å². The summed E-state index contributed by atoms with van der Waals surface area (Å²) in [6.07, 6.45) is 0.890. The van der Waals surface area contributed by atoms with Crippen molar-refractivity contribution in [1.82, 2.24) is 10.6 Å². The SMILES string of the molecule is COc1ccc(C)cc1CCNC(=S)NCC[NH+]1CCOCC1.